The van der Waals surface area contributed by atoms with E-state index in [4.69, 9.17) is 5.11 Å². The fraction of sp³-hybridized carbons (Fsp3) is 0.417. The molecule has 0 spiro atoms. The van der Waals surface area contributed by atoms with E-state index in [9.17, 15) is 9.18 Å². The van der Waals surface area contributed by atoms with Gasteiger partial charge in [-0.05, 0) is 42.9 Å². The van der Waals surface area contributed by atoms with Crippen LogP contribution in [0.15, 0.2) is 24.3 Å². The van der Waals surface area contributed by atoms with Crippen LogP contribution in [0.3, 0.4) is 0 Å². The molecule has 3 heteroatoms. The van der Waals surface area contributed by atoms with Crippen LogP contribution in [0.25, 0.3) is 0 Å². The van der Waals surface area contributed by atoms with Crippen LogP contribution in [0.4, 0.5) is 4.39 Å². The summed E-state index contributed by atoms with van der Waals surface area (Å²) in [6.45, 7) is 0. The van der Waals surface area contributed by atoms with Crippen LogP contribution in [0.1, 0.15) is 41.1 Å². The first-order valence-corrected chi connectivity index (χ1v) is 5.14. The Morgan fingerprint density at radius 1 is 1.40 bits per heavy atom. The molecule has 1 aliphatic carbocycles. The van der Waals surface area contributed by atoms with Crippen molar-refractivity contribution in [1.82, 2.24) is 0 Å². The summed E-state index contributed by atoms with van der Waals surface area (Å²) in [5, 5.41) is 8.83. The van der Waals surface area contributed by atoms with Gasteiger partial charge in [-0.1, -0.05) is 12.1 Å². The first kappa shape index (κ1) is 10.1. The van der Waals surface area contributed by atoms with Gasteiger partial charge in [-0.2, -0.15) is 0 Å². The second kappa shape index (κ2) is 4.01. The Hall–Kier alpha value is -1.38. The quantitative estimate of drug-likeness (QED) is 0.811. The van der Waals surface area contributed by atoms with Gasteiger partial charge in [0.2, 0.25) is 0 Å². The van der Waals surface area contributed by atoms with E-state index in [0.29, 0.717) is 12.8 Å². The van der Waals surface area contributed by atoms with Crippen LogP contribution in [0.2, 0.25) is 0 Å². The van der Waals surface area contributed by atoms with E-state index in [-0.39, 0.29) is 11.5 Å². The summed E-state index contributed by atoms with van der Waals surface area (Å²) in [5.74, 6) is -0.731. The molecule has 1 aromatic rings. The maximum Gasteiger partial charge on any atom is 0.335 e. The smallest absolute Gasteiger partial charge is 0.335 e. The predicted molar refractivity (Wildman–Crippen MR) is 54.9 cm³/mol. The zero-order chi connectivity index (χ0) is 10.8. The molecule has 1 aromatic carbocycles. The number of carboxylic acid groups (broad SMARTS) is 1. The van der Waals surface area contributed by atoms with Gasteiger partial charge in [0.25, 0.3) is 0 Å². The third-order valence-electron chi connectivity index (χ3n) is 2.97. The van der Waals surface area contributed by atoms with Gasteiger partial charge in [-0.15, -0.1) is 0 Å². The van der Waals surface area contributed by atoms with Crippen molar-refractivity contribution in [3.8, 4) is 0 Å². The topological polar surface area (TPSA) is 37.3 Å². The van der Waals surface area contributed by atoms with Gasteiger partial charge in [0.15, 0.2) is 0 Å². The van der Waals surface area contributed by atoms with Crippen LogP contribution in [-0.4, -0.2) is 17.2 Å². The molecule has 15 heavy (non-hydrogen) atoms. The average molecular weight is 208 g/mol. The molecule has 1 aliphatic rings. The van der Waals surface area contributed by atoms with Gasteiger partial charge in [0, 0.05) is 0 Å². The van der Waals surface area contributed by atoms with Crippen molar-refractivity contribution in [3.05, 3.63) is 35.4 Å². The molecular formula is C12H13FO2. The SMILES string of the molecule is O=C(O)c1cccc(C2CCC(F)C2)c1. The minimum Gasteiger partial charge on any atom is -0.478 e. The van der Waals surface area contributed by atoms with E-state index in [1.165, 1.54) is 0 Å². The number of rotatable bonds is 2. The van der Waals surface area contributed by atoms with Gasteiger partial charge in [-0.25, -0.2) is 9.18 Å². The lowest BCUT2D eigenvalue weighted by Crippen LogP contribution is -2.00. The number of carbonyl (C=O) groups is 1. The highest BCUT2D eigenvalue weighted by atomic mass is 19.1. The van der Waals surface area contributed by atoms with Crippen molar-refractivity contribution < 1.29 is 14.3 Å². The summed E-state index contributed by atoms with van der Waals surface area (Å²) >= 11 is 0. The van der Waals surface area contributed by atoms with Crippen molar-refractivity contribution in [1.29, 1.82) is 0 Å². The van der Waals surface area contributed by atoms with Gasteiger partial charge in [0.05, 0.1) is 5.56 Å². The molecule has 2 nitrogen and oxygen atoms in total. The molecule has 0 bridgehead atoms. The second-order valence-corrected chi connectivity index (χ2v) is 4.04. The Kier molecular flexibility index (Phi) is 2.71. The highest BCUT2D eigenvalue weighted by molar-refractivity contribution is 5.87. The normalized spacial score (nSPS) is 25.4. The fourth-order valence-electron chi connectivity index (χ4n) is 2.15. The molecule has 80 valence electrons. The molecule has 0 saturated heterocycles. The molecule has 2 unspecified atom stereocenters. The van der Waals surface area contributed by atoms with Crippen molar-refractivity contribution in [2.24, 2.45) is 0 Å². The molecule has 0 radical (unpaired) electrons. The maximum absolute atomic E-state index is 13.0. The number of halogens is 1. The van der Waals surface area contributed by atoms with Crippen LogP contribution >= 0.6 is 0 Å². The lowest BCUT2D eigenvalue weighted by Gasteiger charge is -2.09. The van der Waals surface area contributed by atoms with E-state index in [1.54, 1.807) is 18.2 Å². The average Bonchev–Trinajstić information content (AvgIpc) is 2.65. The predicted octanol–water partition coefficient (Wildman–Crippen LogP) is 2.99. The molecule has 0 heterocycles. The molecule has 0 amide bonds. The summed E-state index contributed by atoms with van der Waals surface area (Å²) in [5.41, 5.74) is 1.24. The molecule has 1 N–H and O–H groups in total. The fourth-order valence-corrected chi connectivity index (χ4v) is 2.15. The van der Waals surface area contributed by atoms with Crippen LogP contribution in [-0.2, 0) is 0 Å². The van der Waals surface area contributed by atoms with Crippen molar-refractivity contribution >= 4 is 5.97 Å². The van der Waals surface area contributed by atoms with Gasteiger partial charge in [-0.3, -0.25) is 0 Å². The lowest BCUT2D eigenvalue weighted by atomic mass is 9.96. The van der Waals surface area contributed by atoms with Crippen LogP contribution in [0.5, 0.6) is 0 Å². The zero-order valence-electron chi connectivity index (χ0n) is 8.32. The summed E-state index contributed by atoms with van der Waals surface area (Å²) in [7, 11) is 0. The number of aromatic carboxylic acids is 1. The first-order chi connectivity index (χ1) is 7.16. The lowest BCUT2D eigenvalue weighted by molar-refractivity contribution is 0.0696. The number of hydrogen-bond acceptors (Lipinski definition) is 1. The zero-order valence-corrected chi connectivity index (χ0v) is 8.32. The summed E-state index contributed by atoms with van der Waals surface area (Å²) < 4.78 is 13.0. The van der Waals surface area contributed by atoms with Crippen molar-refractivity contribution in [2.75, 3.05) is 0 Å². The second-order valence-electron chi connectivity index (χ2n) is 4.04. The minimum absolute atomic E-state index is 0.194. The van der Waals surface area contributed by atoms with Crippen LogP contribution < -0.4 is 0 Å². The minimum atomic E-state index is -0.924. The number of benzene rings is 1. The Balaban J connectivity index is 2.21. The Labute approximate surface area is 87.7 Å². The Morgan fingerprint density at radius 3 is 2.80 bits per heavy atom. The third kappa shape index (κ3) is 2.17. The first-order valence-electron chi connectivity index (χ1n) is 5.14. The number of hydrogen-bond donors (Lipinski definition) is 1. The monoisotopic (exact) mass is 208 g/mol. The summed E-state index contributed by atoms with van der Waals surface area (Å²) in [6, 6.07) is 6.83. The third-order valence-corrected chi connectivity index (χ3v) is 2.97. The molecule has 1 saturated carbocycles. The van der Waals surface area contributed by atoms with Gasteiger partial charge < -0.3 is 5.11 Å². The van der Waals surface area contributed by atoms with Crippen LogP contribution in [0, 0.1) is 0 Å². The van der Waals surface area contributed by atoms with E-state index in [1.807, 2.05) is 6.07 Å². The largest absolute Gasteiger partial charge is 0.478 e. The number of alkyl halides is 1. The Morgan fingerprint density at radius 2 is 2.20 bits per heavy atom. The molecule has 0 aliphatic heterocycles. The highest BCUT2D eigenvalue weighted by Gasteiger charge is 2.25. The molecule has 1 fully saturated rings. The van der Waals surface area contributed by atoms with E-state index in [2.05, 4.69) is 0 Å². The van der Waals surface area contributed by atoms with Gasteiger partial charge >= 0.3 is 5.97 Å². The molecule has 0 aromatic heterocycles. The summed E-state index contributed by atoms with van der Waals surface area (Å²) in [4.78, 5) is 10.8. The molecular weight excluding hydrogens is 195 g/mol. The summed E-state index contributed by atoms with van der Waals surface area (Å²) in [6.07, 6.45) is 1.23. The van der Waals surface area contributed by atoms with E-state index >= 15 is 0 Å². The standard InChI is InChI=1S/C12H13FO2/c13-11-5-4-9(7-11)8-2-1-3-10(6-8)12(14)15/h1-3,6,9,11H,4-5,7H2,(H,14,15). The maximum atomic E-state index is 13.0. The van der Waals surface area contributed by atoms with Crippen molar-refractivity contribution in [3.63, 3.8) is 0 Å². The molecule has 2 atom stereocenters. The Bertz CT molecular complexity index is 376. The van der Waals surface area contributed by atoms with E-state index in [0.717, 1.165) is 12.0 Å². The number of carboxylic acids is 1. The van der Waals surface area contributed by atoms with E-state index < -0.39 is 12.1 Å². The highest BCUT2D eigenvalue weighted by Crippen LogP contribution is 2.36. The molecule has 2 rings (SSSR count). The van der Waals surface area contributed by atoms with Crippen molar-refractivity contribution in [2.45, 2.75) is 31.4 Å². The van der Waals surface area contributed by atoms with Gasteiger partial charge in [0.1, 0.15) is 6.17 Å².